The minimum atomic E-state index is -4.74. The monoisotopic (exact) mass is 399 g/mol. The highest BCUT2D eigenvalue weighted by Crippen LogP contribution is 2.22. The molecule has 3 rings (SSSR count). The minimum Gasteiger partial charge on any atom is -0.406 e. The second-order valence-electron chi connectivity index (χ2n) is 6.52. The number of rotatable bonds is 4. The molecule has 1 aromatic carbocycles. The summed E-state index contributed by atoms with van der Waals surface area (Å²) in [6, 6.07) is 4.79. The van der Waals surface area contributed by atoms with Crippen molar-refractivity contribution in [1.29, 1.82) is 0 Å². The largest absolute Gasteiger partial charge is 0.573 e. The molecular formula is C17H20F3N5O3. The van der Waals surface area contributed by atoms with E-state index in [0.717, 1.165) is 0 Å². The lowest BCUT2D eigenvalue weighted by Crippen LogP contribution is -2.42. The normalized spacial score (nSPS) is 16.8. The standard InChI is InChI=1S/C17H20F3N5O3/c1-24-16(27)25-9-8-12(4-7-14(25)23-24)22-15(26)21-10-11-2-5-13(6-3-11)28-17(18,19)20/h2-3,5-6,12H,4,7-10H2,1H3,(H2,21,22,26). The number of benzene rings is 1. The van der Waals surface area contributed by atoms with E-state index in [2.05, 4.69) is 20.5 Å². The zero-order valence-corrected chi connectivity index (χ0v) is 15.1. The summed E-state index contributed by atoms with van der Waals surface area (Å²) in [5, 5.41) is 9.71. The first-order valence-electron chi connectivity index (χ1n) is 8.73. The highest BCUT2D eigenvalue weighted by Gasteiger charge is 2.31. The number of aryl methyl sites for hydroxylation is 2. The van der Waals surface area contributed by atoms with Gasteiger partial charge in [-0.1, -0.05) is 12.1 Å². The molecule has 0 saturated carbocycles. The third-order valence-corrected chi connectivity index (χ3v) is 4.45. The number of aromatic nitrogens is 3. The van der Waals surface area contributed by atoms with Gasteiger partial charge in [-0.15, -0.1) is 13.2 Å². The van der Waals surface area contributed by atoms with E-state index in [1.165, 1.54) is 28.9 Å². The number of ether oxygens (including phenoxy) is 1. The highest BCUT2D eigenvalue weighted by atomic mass is 19.4. The third-order valence-electron chi connectivity index (χ3n) is 4.45. The number of amides is 2. The highest BCUT2D eigenvalue weighted by molar-refractivity contribution is 5.74. The van der Waals surface area contributed by atoms with Crippen LogP contribution in [0.1, 0.15) is 24.2 Å². The summed E-state index contributed by atoms with van der Waals surface area (Å²) in [5.74, 6) is 0.390. The van der Waals surface area contributed by atoms with E-state index in [1.807, 2.05) is 0 Å². The molecule has 1 atom stereocenters. The van der Waals surface area contributed by atoms with Crippen molar-refractivity contribution in [3.63, 3.8) is 0 Å². The first kappa shape index (κ1) is 19.8. The van der Waals surface area contributed by atoms with Gasteiger partial charge < -0.3 is 15.4 Å². The molecule has 2 heterocycles. The summed E-state index contributed by atoms with van der Waals surface area (Å²) in [4.78, 5) is 24.0. The fourth-order valence-electron chi connectivity index (χ4n) is 3.07. The van der Waals surface area contributed by atoms with Crippen LogP contribution in [-0.4, -0.2) is 32.8 Å². The van der Waals surface area contributed by atoms with Crippen LogP contribution in [0.3, 0.4) is 0 Å². The summed E-state index contributed by atoms with van der Waals surface area (Å²) >= 11 is 0. The molecule has 1 unspecified atom stereocenters. The number of fused-ring (bicyclic) bond motifs is 1. The maximum Gasteiger partial charge on any atom is 0.573 e. The molecule has 11 heteroatoms. The molecule has 2 amide bonds. The second kappa shape index (κ2) is 7.95. The predicted molar refractivity (Wildman–Crippen MR) is 92.7 cm³/mol. The molecule has 1 aromatic heterocycles. The molecule has 0 radical (unpaired) electrons. The Morgan fingerprint density at radius 3 is 2.68 bits per heavy atom. The Kier molecular flexibility index (Phi) is 5.61. The number of carbonyl (C=O) groups is 1. The summed E-state index contributed by atoms with van der Waals surface area (Å²) in [6.45, 7) is 0.639. The van der Waals surface area contributed by atoms with Crippen molar-refractivity contribution in [2.75, 3.05) is 0 Å². The van der Waals surface area contributed by atoms with Gasteiger partial charge in [0.15, 0.2) is 0 Å². The smallest absolute Gasteiger partial charge is 0.406 e. The van der Waals surface area contributed by atoms with Crippen LogP contribution in [0.4, 0.5) is 18.0 Å². The van der Waals surface area contributed by atoms with Crippen molar-refractivity contribution in [1.82, 2.24) is 25.0 Å². The number of halogens is 3. The molecule has 28 heavy (non-hydrogen) atoms. The van der Waals surface area contributed by atoms with E-state index < -0.39 is 6.36 Å². The Bertz CT molecular complexity index is 889. The molecule has 1 aliphatic heterocycles. The number of alkyl halides is 3. The summed E-state index contributed by atoms with van der Waals surface area (Å²) in [7, 11) is 1.61. The topological polar surface area (TPSA) is 90.2 Å². The maximum absolute atomic E-state index is 12.1. The third kappa shape index (κ3) is 5.05. The predicted octanol–water partition coefficient (Wildman–Crippen LogP) is 1.68. The van der Waals surface area contributed by atoms with Crippen LogP contribution in [0.25, 0.3) is 0 Å². The summed E-state index contributed by atoms with van der Waals surface area (Å²) in [5.41, 5.74) is 0.465. The van der Waals surface area contributed by atoms with Crippen LogP contribution in [0, 0.1) is 0 Å². The molecule has 2 aromatic rings. The van der Waals surface area contributed by atoms with Gasteiger partial charge in [0.05, 0.1) is 0 Å². The van der Waals surface area contributed by atoms with Gasteiger partial charge in [-0.25, -0.2) is 14.3 Å². The molecule has 0 fully saturated rings. The number of urea groups is 1. The van der Waals surface area contributed by atoms with Gasteiger partial charge in [0.25, 0.3) is 0 Å². The van der Waals surface area contributed by atoms with Crippen molar-refractivity contribution in [3.05, 3.63) is 46.1 Å². The summed E-state index contributed by atoms with van der Waals surface area (Å²) < 4.78 is 43.2. The SMILES string of the molecule is Cn1nc2n(c1=O)CCC(NC(=O)NCc1ccc(OC(F)(F)F)cc1)CC2. The Hall–Kier alpha value is -2.98. The van der Waals surface area contributed by atoms with Gasteiger partial charge in [-0.3, -0.25) is 4.57 Å². The molecule has 0 saturated heterocycles. The number of carbonyl (C=O) groups excluding carboxylic acids is 1. The van der Waals surface area contributed by atoms with E-state index >= 15 is 0 Å². The van der Waals surface area contributed by atoms with Crippen LogP contribution in [-0.2, 0) is 26.6 Å². The lowest BCUT2D eigenvalue weighted by Gasteiger charge is -2.16. The van der Waals surface area contributed by atoms with Crippen LogP contribution < -0.4 is 21.1 Å². The van der Waals surface area contributed by atoms with E-state index in [-0.39, 0.29) is 30.1 Å². The Balaban J connectivity index is 1.46. The maximum atomic E-state index is 12.1. The van der Waals surface area contributed by atoms with Crippen LogP contribution in [0.15, 0.2) is 29.1 Å². The minimum absolute atomic E-state index is 0.103. The molecular weight excluding hydrogens is 379 g/mol. The Labute approximate surface area is 158 Å². The van der Waals surface area contributed by atoms with E-state index in [0.29, 0.717) is 37.2 Å². The molecule has 2 N–H and O–H groups in total. The van der Waals surface area contributed by atoms with Gasteiger partial charge >= 0.3 is 18.1 Å². The molecule has 0 spiro atoms. The van der Waals surface area contributed by atoms with Crippen molar-refractivity contribution < 1.29 is 22.7 Å². The first-order chi connectivity index (χ1) is 13.2. The molecule has 0 bridgehead atoms. The zero-order chi connectivity index (χ0) is 20.3. The molecule has 1 aliphatic rings. The van der Waals surface area contributed by atoms with E-state index in [1.54, 1.807) is 11.6 Å². The van der Waals surface area contributed by atoms with Gasteiger partial charge in [-0.05, 0) is 30.5 Å². The molecule has 0 aliphatic carbocycles. The second-order valence-corrected chi connectivity index (χ2v) is 6.52. The van der Waals surface area contributed by atoms with Crippen LogP contribution >= 0.6 is 0 Å². The average Bonchev–Trinajstić information content (AvgIpc) is 2.77. The Morgan fingerprint density at radius 2 is 2.00 bits per heavy atom. The first-order valence-corrected chi connectivity index (χ1v) is 8.73. The number of hydrogen-bond acceptors (Lipinski definition) is 4. The number of nitrogens with zero attached hydrogens (tertiary/aromatic N) is 3. The average molecular weight is 399 g/mol. The van der Waals surface area contributed by atoms with Crippen molar-refractivity contribution >= 4 is 6.03 Å². The van der Waals surface area contributed by atoms with Crippen LogP contribution in [0.5, 0.6) is 5.75 Å². The molecule has 152 valence electrons. The van der Waals surface area contributed by atoms with Crippen molar-refractivity contribution in [2.45, 2.75) is 44.8 Å². The van der Waals surface area contributed by atoms with Crippen molar-refractivity contribution in [2.24, 2.45) is 7.05 Å². The number of nitrogens with one attached hydrogen (secondary N) is 2. The van der Waals surface area contributed by atoms with Crippen molar-refractivity contribution in [3.8, 4) is 5.75 Å². The quantitative estimate of drug-likeness (QED) is 0.819. The van der Waals surface area contributed by atoms with Crippen LogP contribution in [0.2, 0.25) is 0 Å². The van der Waals surface area contributed by atoms with Gasteiger partial charge in [-0.2, -0.15) is 5.10 Å². The molecule has 8 nitrogen and oxygen atoms in total. The fourth-order valence-corrected chi connectivity index (χ4v) is 3.07. The lowest BCUT2D eigenvalue weighted by atomic mass is 10.1. The summed E-state index contributed by atoms with van der Waals surface area (Å²) in [6.07, 6.45) is -2.89. The van der Waals surface area contributed by atoms with Gasteiger partial charge in [0.2, 0.25) is 0 Å². The zero-order valence-electron chi connectivity index (χ0n) is 15.1. The Morgan fingerprint density at radius 1 is 1.29 bits per heavy atom. The number of hydrogen-bond donors (Lipinski definition) is 2. The lowest BCUT2D eigenvalue weighted by molar-refractivity contribution is -0.274. The van der Waals surface area contributed by atoms with Gasteiger partial charge in [0, 0.05) is 32.6 Å². The van der Waals surface area contributed by atoms with E-state index in [9.17, 15) is 22.8 Å². The van der Waals surface area contributed by atoms with E-state index in [4.69, 9.17) is 0 Å². The van der Waals surface area contributed by atoms with Gasteiger partial charge in [0.1, 0.15) is 11.6 Å². The fraction of sp³-hybridized carbons (Fsp3) is 0.471.